The topological polar surface area (TPSA) is 79.9 Å². The van der Waals surface area contributed by atoms with E-state index in [0.717, 1.165) is 38.9 Å². The highest BCUT2D eigenvalue weighted by atomic mass is 19.1. The minimum absolute atomic E-state index is 0.0329. The van der Waals surface area contributed by atoms with Gasteiger partial charge in [-0.2, -0.15) is 0 Å². The highest BCUT2D eigenvalue weighted by molar-refractivity contribution is 6.05. The summed E-state index contributed by atoms with van der Waals surface area (Å²) in [6.45, 7) is 2.46. The Kier molecular flexibility index (Phi) is 7.34. The Bertz CT molecular complexity index is 924. The van der Waals surface area contributed by atoms with E-state index in [9.17, 15) is 14.0 Å². The molecule has 2 N–H and O–H groups in total. The first kappa shape index (κ1) is 22.2. The number of carbonyl (C=O) groups is 2. The molecule has 32 heavy (non-hydrogen) atoms. The van der Waals surface area contributed by atoms with Crippen molar-refractivity contribution in [1.82, 2.24) is 4.90 Å². The van der Waals surface area contributed by atoms with Gasteiger partial charge in [-0.05, 0) is 62.1 Å². The van der Waals surface area contributed by atoms with E-state index in [4.69, 9.17) is 9.47 Å². The normalized spacial score (nSPS) is 20.2. The van der Waals surface area contributed by atoms with E-state index in [0.29, 0.717) is 30.0 Å². The van der Waals surface area contributed by atoms with Crippen molar-refractivity contribution in [3.8, 4) is 0 Å². The quantitative estimate of drug-likeness (QED) is 0.673. The highest BCUT2D eigenvalue weighted by Crippen LogP contribution is 2.19. The van der Waals surface area contributed by atoms with Gasteiger partial charge in [0.25, 0.3) is 5.91 Å². The zero-order valence-corrected chi connectivity index (χ0v) is 17.9. The van der Waals surface area contributed by atoms with Gasteiger partial charge in [-0.25, -0.2) is 9.18 Å². The predicted molar refractivity (Wildman–Crippen MR) is 119 cm³/mol. The average molecular weight is 442 g/mol. The summed E-state index contributed by atoms with van der Waals surface area (Å²) in [4.78, 5) is 27.4. The number of anilines is 2. The van der Waals surface area contributed by atoms with Crippen molar-refractivity contribution < 1.29 is 23.5 Å². The first-order valence-corrected chi connectivity index (χ1v) is 11.0. The number of ether oxygens (including phenoxy) is 2. The number of nitrogens with zero attached hydrogens (tertiary/aromatic N) is 1. The van der Waals surface area contributed by atoms with E-state index < -0.39 is 5.82 Å². The molecule has 0 unspecified atom stereocenters. The molecule has 0 aromatic heterocycles. The van der Waals surface area contributed by atoms with Gasteiger partial charge in [0.2, 0.25) is 0 Å². The molecule has 2 heterocycles. The number of carbonyl (C=O) groups excluding carboxylic acids is 2. The molecule has 7 nitrogen and oxygen atoms in total. The number of hydrogen-bond acceptors (Lipinski definition) is 4. The number of halogens is 1. The maximum absolute atomic E-state index is 13.4. The first-order chi connectivity index (χ1) is 15.6. The van der Waals surface area contributed by atoms with Gasteiger partial charge in [0.05, 0.1) is 12.2 Å². The average Bonchev–Trinajstić information content (AvgIpc) is 3.48. The van der Waals surface area contributed by atoms with Crippen LogP contribution in [-0.2, 0) is 9.47 Å². The van der Waals surface area contributed by atoms with Crippen LogP contribution in [0, 0.1) is 5.82 Å². The van der Waals surface area contributed by atoms with Gasteiger partial charge in [0, 0.05) is 43.2 Å². The Hall–Kier alpha value is -2.97. The molecule has 2 aliphatic rings. The minimum atomic E-state index is -0.429. The molecule has 2 atom stereocenters. The summed E-state index contributed by atoms with van der Waals surface area (Å²) in [6.07, 6.45) is 3.94. The molecule has 2 aliphatic heterocycles. The Labute approximate surface area is 186 Å². The number of nitrogens with one attached hydrogen (secondary N) is 2. The summed E-state index contributed by atoms with van der Waals surface area (Å²) in [5.74, 6) is -0.816. The Balaban J connectivity index is 1.41. The van der Waals surface area contributed by atoms with Crippen LogP contribution in [0.15, 0.2) is 48.5 Å². The van der Waals surface area contributed by atoms with Gasteiger partial charge in [-0.1, -0.05) is 12.1 Å². The van der Waals surface area contributed by atoms with E-state index in [1.165, 1.54) is 18.2 Å². The fraction of sp³-hybridized carbons (Fsp3) is 0.417. The number of urea groups is 1. The second-order valence-electron chi connectivity index (χ2n) is 8.15. The van der Waals surface area contributed by atoms with Crippen molar-refractivity contribution in [2.45, 2.75) is 37.9 Å². The molecule has 170 valence electrons. The molecule has 0 aliphatic carbocycles. The molecule has 0 bridgehead atoms. The van der Waals surface area contributed by atoms with Crippen LogP contribution < -0.4 is 10.6 Å². The molecular weight excluding hydrogens is 413 g/mol. The summed E-state index contributed by atoms with van der Waals surface area (Å²) in [7, 11) is 0. The molecule has 2 fully saturated rings. The van der Waals surface area contributed by atoms with Gasteiger partial charge in [-0.15, -0.1) is 0 Å². The monoisotopic (exact) mass is 441 g/mol. The second-order valence-corrected chi connectivity index (χ2v) is 8.15. The molecule has 0 saturated carbocycles. The molecule has 0 spiro atoms. The number of benzene rings is 2. The molecular formula is C24H28FN3O4. The van der Waals surface area contributed by atoms with Gasteiger partial charge >= 0.3 is 6.03 Å². The van der Waals surface area contributed by atoms with Crippen molar-refractivity contribution in [2.75, 3.05) is 36.9 Å². The summed E-state index contributed by atoms with van der Waals surface area (Å²) in [5, 5.41) is 5.56. The van der Waals surface area contributed by atoms with Crippen molar-refractivity contribution in [2.24, 2.45) is 0 Å². The fourth-order valence-corrected chi connectivity index (χ4v) is 4.02. The van der Waals surface area contributed by atoms with Gasteiger partial charge in [-0.3, -0.25) is 4.79 Å². The number of amides is 3. The lowest BCUT2D eigenvalue weighted by Crippen LogP contribution is -2.44. The molecule has 0 radical (unpaired) electrons. The lowest BCUT2D eigenvalue weighted by molar-refractivity contribution is 0.0524. The summed E-state index contributed by atoms with van der Waals surface area (Å²) in [5.41, 5.74) is 1.23. The highest BCUT2D eigenvalue weighted by Gasteiger charge is 2.27. The number of rotatable bonds is 7. The van der Waals surface area contributed by atoms with Crippen LogP contribution in [0.4, 0.5) is 20.6 Å². The van der Waals surface area contributed by atoms with Gasteiger partial charge in [0.15, 0.2) is 0 Å². The standard InChI is InChI=1S/C24H28FN3O4/c25-18-6-2-8-20(14-18)26-23(29)17-5-1-7-19(13-17)27-24(30)28(15-21-9-3-11-31-21)16-22-10-4-12-32-22/h1-2,5-8,13-14,21-22H,3-4,9-12,15-16H2,(H,26,29)(H,27,30)/t21-,22+. The fourth-order valence-electron chi connectivity index (χ4n) is 4.02. The van der Waals surface area contributed by atoms with Gasteiger partial charge in [0.1, 0.15) is 5.82 Å². The van der Waals surface area contributed by atoms with Crippen molar-refractivity contribution in [3.63, 3.8) is 0 Å². The summed E-state index contributed by atoms with van der Waals surface area (Å²) in [6, 6.07) is 12.1. The van der Waals surface area contributed by atoms with Crippen LogP contribution in [0.5, 0.6) is 0 Å². The lowest BCUT2D eigenvalue weighted by Gasteiger charge is -2.28. The van der Waals surface area contributed by atoms with Crippen molar-refractivity contribution in [3.05, 3.63) is 59.9 Å². The summed E-state index contributed by atoms with van der Waals surface area (Å²) >= 11 is 0. The summed E-state index contributed by atoms with van der Waals surface area (Å²) < 4.78 is 24.8. The van der Waals surface area contributed by atoms with Crippen LogP contribution in [0.25, 0.3) is 0 Å². The minimum Gasteiger partial charge on any atom is -0.376 e. The van der Waals surface area contributed by atoms with Crippen molar-refractivity contribution in [1.29, 1.82) is 0 Å². The van der Waals surface area contributed by atoms with Crippen LogP contribution in [0.3, 0.4) is 0 Å². The first-order valence-electron chi connectivity index (χ1n) is 11.0. The Morgan fingerprint density at radius 3 is 2.12 bits per heavy atom. The van der Waals surface area contributed by atoms with E-state index in [2.05, 4.69) is 10.6 Å². The van der Waals surface area contributed by atoms with Gasteiger partial charge < -0.3 is 25.0 Å². The molecule has 2 aromatic carbocycles. The SMILES string of the molecule is O=C(Nc1cccc(F)c1)c1cccc(NC(=O)N(C[C@H]2CCCO2)C[C@@H]2CCCO2)c1. The zero-order valence-electron chi connectivity index (χ0n) is 17.9. The zero-order chi connectivity index (χ0) is 22.3. The molecule has 8 heteroatoms. The van der Waals surface area contributed by atoms with E-state index in [-0.39, 0.29) is 24.1 Å². The molecule has 2 aromatic rings. The number of hydrogen-bond donors (Lipinski definition) is 2. The molecule has 2 saturated heterocycles. The third-order valence-electron chi connectivity index (χ3n) is 5.64. The van der Waals surface area contributed by atoms with Crippen LogP contribution in [0.1, 0.15) is 36.0 Å². The van der Waals surface area contributed by atoms with E-state index >= 15 is 0 Å². The molecule has 4 rings (SSSR count). The maximum atomic E-state index is 13.4. The molecule has 3 amide bonds. The lowest BCUT2D eigenvalue weighted by atomic mass is 10.1. The van der Waals surface area contributed by atoms with E-state index in [1.54, 1.807) is 35.2 Å². The van der Waals surface area contributed by atoms with Crippen molar-refractivity contribution >= 4 is 23.3 Å². The van der Waals surface area contributed by atoms with Crippen LogP contribution >= 0.6 is 0 Å². The van der Waals surface area contributed by atoms with Crippen LogP contribution in [-0.4, -0.2) is 55.3 Å². The van der Waals surface area contributed by atoms with E-state index in [1.807, 2.05) is 0 Å². The Morgan fingerprint density at radius 2 is 1.53 bits per heavy atom. The smallest absolute Gasteiger partial charge is 0.322 e. The predicted octanol–water partition coefficient (Wildman–Crippen LogP) is 4.27. The van der Waals surface area contributed by atoms with Crippen LogP contribution in [0.2, 0.25) is 0 Å². The largest absolute Gasteiger partial charge is 0.376 e. The third kappa shape index (κ3) is 6.05. The Morgan fingerprint density at radius 1 is 0.906 bits per heavy atom. The third-order valence-corrected chi connectivity index (χ3v) is 5.64. The second kappa shape index (κ2) is 10.6. The maximum Gasteiger partial charge on any atom is 0.322 e.